The first-order chi connectivity index (χ1) is 9.56. The van der Waals surface area contributed by atoms with Crippen LogP contribution >= 0.6 is 0 Å². The lowest BCUT2D eigenvalue weighted by Crippen LogP contribution is -2.16. The van der Waals surface area contributed by atoms with Crippen LogP contribution in [0.3, 0.4) is 0 Å². The number of aryl methyl sites for hydroxylation is 1. The molecule has 2 heterocycles. The SMILES string of the molecule is CC(C)[C@H](N)c1nc(-c2ccc3c(ccn3C)c2)no1. The first kappa shape index (κ1) is 12.9. The maximum Gasteiger partial charge on any atom is 0.244 e. The summed E-state index contributed by atoms with van der Waals surface area (Å²) in [6.07, 6.45) is 2.03. The van der Waals surface area contributed by atoms with Crippen LogP contribution in [0, 0.1) is 5.92 Å². The standard InChI is InChI=1S/C15H18N4O/c1-9(2)13(16)15-17-14(18-20-15)11-4-5-12-10(8-11)6-7-19(12)3/h4-9,13H,16H2,1-3H3/t13-/m0/s1. The van der Waals surface area contributed by atoms with Crippen molar-refractivity contribution >= 4 is 10.9 Å². The zero-order chi connectivity index (χ0) is 14.3. The highest BCUT2D eigenvalue weighted by Crippen LogP contribution is 2.25. The highest BCUT2D eigenvalue weighted by molar-refractivity contribution is 5.84. The Morgan fingerprint density at radius 3 is 2.80 bits per heavy atom. The van der Waals surface area contributed by atoms with Crippen molar-refractivity contribution in [3.8, 4) is 11.4 Å². The molecule has 0 saturated heterocycles. The number of fused-ring (bicyclic) bond motifs is 1. The molecule has 0 amide bonds. The molecule has 0 unspecified atom stereocenters. The lowest BCUT2D eigenvalue weighted by molar-refractivity contribution is 0.325. The van der Waals surface area contributed by atoms with Gasteiger partial charge in [-0.1, -0.05) is 19.0 Å². The van der Waals surface area contributed by atoms with Gasteiger partial charge in [0.05, 0.1) is 6.04 Å². The van der Waals surface area contributed by atoms with Crippen molar-refractivity contribution in [1.29, 1.82) is 0 Å². The Hall–Kier alpha value is -2.14. The van der Waals surface area contributed by atoms with E-state index in [4.69, 9.17) is 10.3 Å². The second kappa shape index (κ2) is 4.76. The van der Waals surface area contributed by atoms with Gasteiger partial charge < -0.3 is 14.8 Å². The first-order valence-electron chi connectivity index (χ1n) is 6.71. The lowest BCUT2D eigenvalue weighted by Gasteiger charge is -2.09. The largest absolute Gasteiger partial charge is 0.351 e. The summed E-state index contributed by atoms with van der Waals surface area (Å²) < 4.78 is 7.35. The summed E-state index contributed by atoms with van der Waals surface area (Å²) in [5.41, 5.74) is 8.14. The molecule has 1 atom stereocenters. The molecular weight excluding hydrogens is 252 g/mol. The van der Waals surface area contributed by atoms with Gasteiger partial charge in [-0.2, -0.15) is 4.98 Å². The van der Waals surface area contributed by atoms with Gasteiger partial charge in [0.25, 0.3) is 0 Å². The third-order valence-corrected chi connectivity index (χ3v) is 3.59. The molecule has 0 saturated carbocycles. The van der Waals surface area contributed by atoms with Crippen molar-refractivity contribution in [2.24, 2.45) is 18.7 Å². The van der Waals surface area contributed by atoms with Gasteiger partial charge in [0.15, 0.2) is 0 Å². The van der Waals surface area contributed by atoms with Gasteiger partial charge >= 0.3 is 0 Å². The Bertz CT molecular complexity index is 741. The van der Waals surface area contributed by atoms with E-state index in [1.165, 1.54) is 5.52 Å². The quantitative estimate of drug-likeness (QED) is 0.794. The molecule has 0 radical (unpaired) electrons. The Labute approximate surface area is 117 Å². The number of rotatable bonds is 3. The van der Waals surface area contributed by atoms with Crippen molar-refractivity contribution in [2.45, 2.75) is 19.9 Å². The van der Waals surface area contributed by atoms with Gasteiger partial charge in [0.1, 0.15) is 0 Å². The number of nitrogens with two attached hydrogens (primary N) is 1. The van der Waals surface area contributed by atoms with Crippen molar-refractivity contribution in [3.63, 3.8) is 0 Å². The second-order valence-electron chi connectivity index (χ2n) is 5.43. The average Bonchev–Trinajstić information content (AvgIpc) is 3.05. The second-order valence-corrected chi connectivity index (χ2v) is 5.43. The van der Waals surface area contributed by atoms with E-state index in [0.29, 0.717) is 11.7 Å². The molecule has 0 spiro atoms. The van der Waals surface area contributed by atoms with Crippen LogP contribution in [-0.2, 0) is 7.05 Å². The fourth-order valence-corrected chi connectivity index (χ4v) is 2.19. The summed E-state index contributed by atoms with van der Waals surface area (Å²) in [6.45, 7) is 4.06. The minimum Gasteiger partial charge on any atom is -0.351 e. The summed E-state index contributed by atoms with van der Waals surface area (Å²) in [5, 5.41) is 5.19. The number of hydrogen-bond acceptors (Lipinski definition) is 4. The van der Waals surface area contributed by atoms with Gasteiger partial charge in [-0.05, 0) is 30.2 Å². The summed E-state index contributed by atoms with van der Waals surface area (Å²) in [7, 11) is 2.02. The Morgan fingerprint density at radius 2 is 2.05 bits per heavy atom. The molecule has 104 valence electrons. The highest BCUT2D eigenvalue weighted by atomic mass is 16.5. The normalized spacial score (nSPS) is 13.2. The number of aromatic nitrogens is 3. The van der Waals surface area contributed by atoms with Gasteiger partial charge in [-0.25, -0.2) is 0 Å². The molecular formula is C15H18N4O. The van der Waals surface area contributed by atoms with Gasteiger partial charge in [-0.3, -0.25) is 0 Å². The molecule has 0 fully saturated rings. The maximum atomic E-state index is 6.02. The summed E-state index contributed by atoms with van der Waals surface area (Å²) >= 11 is 0. The number of benzene rings is 1. The zero-order valence-electron chi connectivity index (χ0n) is 11.9. The zero-order valence-corrected chi connectivity index (χ0v) is 11.9. The molecule has 3 aromatic rings. The summed E-state index contributed by atoms with van der Waals surface area (Å²) in [6, 6.07) is 7.96. The fraction of sp³-hybridized carbons (Fsp3) is 0.333. The van der Waals surface area contributed by atoms with Crippen LogP contribution < -0.4 is 5.73 Å². The van der Waals surface area contributed by atoms with Gasteiger partial charge in [0.2, 0.25) is 11.7 Å². The Balaban J connectivity index is 1.98. The molecule has 5 nitrogen and oxygen atoms in total. The van der Waals surface area contributed by atoms with E-state index in [-0.39, 0.29) is 12.0 Å². The van der Waals surface area contributed by atoms with Crippen molar-refractivity contribution < 1.29 is 4.52 Å². The molecule has 0 aliphatic heterocycles. The minimum absolute atomic E-state index is 0.225. The van der Waals surface area contributed by atoms with Crippen molar-refractivity contribution in [3.05, 3.63) is 36.4 Å². The van der Waals surface area contributed by atoms with Crippen LogP contribution in [0.15, 0.2) is 35.0 Å². The van der Waals surface area contributed by atoms with E-state index in [0.717, 1.165) is 10.9 Å². The topological polar surface area (TPSA) is 69.9 Å². The smallest absolute Gasteiger partial charge is 0.244 e. The van der Waals surface area contributed by atoms with Crippen LogP contribution in [0.25, 0.3) is 22.3 Å². The third-order valence-electron chi connectivity index (χ3n) is 3.59. The van der Waals surface area contributed by atoms with Crippen LogP contribution in [0.1, 0.15) is 25.8 Å². The maximum absolute atomic E-state index is 6.02. The van der Waals surface area contributed by atoms with Gasteiger partial charge in [0, 0.05) is 29.7 Å². The van der Waals surface area contributed by atoms with E-state index in [1.54, 1.807) is 0 Å². The highest BCUT2D eigenvalue weighted by Gasteiger charge is 2.18. The van der Waals surface area contributed by atoms with E-state index >= 15 is 0 Å². The van der Waals surface area contributed by atoms with E-state index in [9.17, 15) is 0 Å². The van der Waals surface area contributed by atoms with Crippen molar-refractivity contribution in [2.75, 3.05) is 0 Å². The summed E-state index contributed by atoms with van der Waals surface area (Å²) in [5.74, 6) is 1.34. The Morgan fingerprint density at radius 1 is 1.25 bits per heavy atom. The molecule has 20 heavy (non-hydrogen) atoms. The lowest BCUT2D eigenvalue weighted by atomic mass is 10.1. The number of nitrogens with zero attached hydrogens (tertiary/aromatic N) is 3. The number of hydrogen-bond donors (Lipinski definition) is 1. The van der Waals surface area contributed by atoms with Crippen LogP contribution in [0.5, 0.6) is 0 Å². The molecule has 2 N–H and O–H groups in total. The molecule has 3 rings (SSSR count). The molecule has 0 aliphatic carbocycles. The van der Waals surface area contributed by atoms with Crippen LogP contribution in [0.2, 0.25) is 0 Å². The van der Waals surface area contributed by atoms with Crippen molar-refractivity contribution in [1.82, 2.24) is 14.7 Å². The molecule has 2 aromatic heterocycles. The summed E-state index contributed by atoms with van der Waals surface area (Å²) in [4.78, 5) is 4.41. The predicted molar refractivity (Wildman–Crippen MR) is 78.0 cm³/mol. The van der Waals surface area contributed by atoms with Gasteiger partial charge in [-0.15, -0.1) is 0 Å². The van der Waals surface area contributed by atoms with Crippen LogP contribution in [-0.4, -0.2) is 14.7 Å². The minimum atomic E-state index is -0.225. The predicted octanol–water partition coefficient (Wildman–Crippen LogP) is 2.88. The fourth-order valence-electron chi connectivity index (χ4n) is 2.19. The third kappa shape index (κ3) is 2.10. The molecule has 0 aliphatic rings. The Kier molecular flexibility index (Phi) is 3.06. The molecule has 1 aromatic carbocycles. The molecule has 0 bridgehead atoms. The first-order valence-corrected chi connectivity index (χ1v) is 6.71. The van der Waals surface area contributed by atoms with E-state index < -0.39 is 0 Å². The monoisotopic (exact) mass is 270 g/mol. The average molecular weight is 270 g/mol. The molecule has 5 heteroatoms. The van der Waals surface area contributed by atoms with E-state index in [2.05, 4.69) is 32.9 Å². The van der Waals surface area contributed by atoms with Crippen LogP contribution in [0.4, 0.5) is 0 Å². The van der Waals surface area contributed by atoms with E-state index in [1.807, 2.05) is 33.2 Å².